The maximum absolute atomic E-state index is 12.3. The fourth-order valence-electron chi connectivity index (χ4n) is 2.26. The Balaban J connectivity index is 2.31. The highest BCUT2D eigenvalue weighted by molar-refractivity contribution is 6.43. The van der Waals surface area contributed by atoms with Gasteiger partial charge < -0.3 is 14.3 Å². The summed E-state index contributed by atoms with van der Waals surface area (Å²) < 4.78 is 9.82. The number of carbonyl (C=O) groups excluding carboxylic acids is 2. The first-order valence-electron chi connectivity index (χ1n) is 7.76. The quantitative estimate of drug-likeness (QED) is 0.251. The third kappa shape index (κ3) is 4.57. The molecule has 0 saturated heterocycles. The van der Waals surface area contributed by atoms with E-state index in [-0.39, 0.29) is 11.5 Å². The van der Waals surface area contributed by atoms with E-state index >= 15 is 0 Å². The van der Waals surface area contributed by atoms with Gasteiger partial charge in [-0.3, -0.25) is 4.79 Å². The lowest BCUT2D eigenvalue weighted by Crippen LogP contribution is -2.18. The van der Waals surface area contributed by atoms with Gasteiger partial charge in [-0.2, -0.15) is 0 Å². The summed E-state index contributed by atoms with van der Waals surface area (Å²) in [6, 6.07) is 13.8. The molecule has 0 aromatic heterocycles. The molecule has 0 unspecified atom stereocenters. The molecule has 0 aliphatic rings. The van der Waals surface area contributed by atoms with Gasteiger partial charge >= 0.3 is 5.97 Å². The van der Waals surface area contributed by atoms with Gasteiger partial charge in [-0.1, -0.05) is 35.5 Å². The summed E-state index contributed by atoms with van der Waals surface area (Å²) in [7, 11) is 4.17. The molecule has 0 fully saturated rings. The Labute approximate surface area is 151 Å². The van der Waals surface area contributed by atoms with Gasteiger partial charge in [-0.05, 0) is 35.9 Å². The number of ether oxygens (including phenoxy) is 2. The molecule has 0 aliphatic heterocycles. The van der Waals surface area contributed by atoms with Crippen molar-refractivity contribution in [1.29, 1.82) is 0 Å². The summed E-state index contributed by atoms with van der Waals surface area (Å²) in [5, 5.41) is 3.74. The Hall–Kier alpha value is -3.41. The van der Waals surface area contributed by atoms with Crippen LogP contribution in [0.5, 0.6) is 5.75 Å². The number of ketones is 1. The van der Waals surface area contributed by atoms with Gasteiger partial charge in [0, 0.05) is 11.1 Å². The lowest BCUT2D eigenvalue weighted by atomic mass is 10.0. The number of hydrogen-bond acceptors (Lipinski definition) is 6. The molecule has 6 heteroatoms. The van der Waals surface area contributed by atoms with Crippen molar-refractivity contribution in [1.82, 2.24) is 0 Å². The number of allylic oxidation sites excluding steroid dienone is 1. The fraction of sp³-hybridized carbons (Fsp3) is 0.150. The summed E-state index contributed by atoms with van der Waals surface area (Å²) in [5.41, 5.74) is 1.68. The zero-order valence-electron chi connectivity index (χ0n) is 14.8. The van der Waals surface area contributed by atoms with Crippen molar-refractivity contribution in [2.75, 3.05) is 21.3 Å². The molecule has 2 aromatic rings. The van der Waals surface area contributed by atoms with Crippen LogP contribution in [-0.4, -0.2) is 38.8 Å². The highest BCUT2D eigenvalue weighted by Crippen LogP contribution is 2.16. The van der Waals surface area contributed by atoms with Crippen molar-refractivity contribution in [2.45, 2.75) is 0 Å². The second-order valence-electron chi connectivity index (χ2n) is 5.13. The van der Waals surface area contributed by atoms with Gasteiger partial charge in [0.1, 0.15) is 12.9 Å². The van der Waals surface area contributed by atoms with Crippen LogP contribution in [-0.2, 0) is 14.4 Å². The average molecular weight is 353 g/mol. The van der Waals surface area contributed by atoms with E-state index in [4.69, 9.17) is 14.3 Å². The topological polar surface area (TPSA) is 74.2 Å². The molecular weight excluding hydrogens is 334 g/mol. The Kier molecular flexibility index (Phi) is 6.68. The van der Waals surface area contributed by atoms with E-state index in [2.05, 4.69) is 5.16 Å². The highest BCUT2D eigenvalue weighted by Gasteiger charge is 2.18. The van der Waals surface area contributed by atoms with Crippen LogP contribution < -0.4 is 4.74 Å². The van der Waals surface area contributed by atoms with Crippen LogP contribution in [0.2, 0.25) is 0 Å². The van der Waals surface area contributed by atoms with Gasteiger partial charge in [-0.25, -0.2) is 4.79 Å². The molecule has 0 radical (unpaired) electrons. The average Bonchev–Trinajstić information content (AvgIpc) is 2.70. The molecule has 0 saturated carbocycles. The van der Waals surface area contributed by atoms with Gasteiger partial charge in [-0.15, -0.1) is 0 Å². The van der Waals surface area contributed by atoms with E-state index in [1.165, 1.54) is 20.3 Å². The van der Waals surface area contributed by atoms with Crippen LogP contribution in [0.4, 0.5) is 0 Å². The third-order valence-corrected chi connectivity index (χ3v) is 3.57. The maximum Gasteiger partial charge on any atom is 0.360 e. The summed E-state index contributed by atoms with van der Waals surface area (Å²) in [5.74, 6) is -0.130. The van der Waals surface area contributed by atoms with Crippen LogP contribution in [0.3, 0.4) is 0 Å². The van der Waals surface area contributed by atoms with Crippen molar-refractivity contribution in [3.8, 4) is 5.75 Å². The fourth-order valence-corrected chi connectivity index (χ4v) is 2.26. The number of rotatable bonds is 7. The molecule has 2 aromatic carbocycles. The second-order valence-corrected chi connectivity index (χ2v) is 5.13. The first-order valence-corrected chi connectivity index (χ1v) is 7.76. The first-order chi connectivity index (χ1) is 12.6. The number of methoxy groups -OCH3 is 2. The van der Waals surface area contributed by atoms with Crippen molar-refractivity contribution in [2.24, 2.45) is 5.16 Å². The van der Waals surface area contributed by atoms with E-state index in [1.54, 1.807) is 61.7 Å². The largest absolute Gasteiger partial charge is 0.497 e. The molecule has 6 nitrogen and oxygen atoms in total. The minimum atomic E-state index is -0.630. The predicted molar refractivity (Wildman–Crippen MR) is 98.4 cm³/mol. The van der Waals surface area contributed by atoms with E-state index in [0.717, 1.165) is 0 Å². The van der Waals surface area contributed by atoms with Crippen LogP contribution in [0.15, 0.2) is 59.8 Å². The monoisotopic (exact) mass is 353 g/mol. The van der Waals surface area contributed by atoms with Crippen LogP contribution in [0.25, 0.3) is 6.08 Å². The summed E-state index contributed by atoms with van der Waals surface area (Å²) >= 11 is 0. The van der Waals surface area contributed by atoms with Gasteiger partial charge in [0.05, 0.1) is 14.2 Å². The molecule has 0 spiro atoms. The Bertz CT molecular complexity index is 838. The van der Waals surface area contributed by atoms with Crippen LogP contribution in [0.1, 0.15) is 21.5 Å². The lowest BCUT2D eigenvalue weighted by molar-refractivity contribution is -0.132. The molecule has 0 amide bonds. The molecule has 0 bridgehead atoms. The summed E-state index contributed by atoms with van der Waals surface area (Å²) in [4.78, 5) is 29.0. The summed E-state index contributed by atoms with van der Waals surface area (Å²) in [6.07, 6.45) is 3.05. The smallest absolute Gasteiger partial charge is 0.360 e. The van der Waals surface area contributed by atoms with Crippen molar-refractivity contribution in [3.05, 3.63) is 71.3 Å². The molecule has 26 heavy (non-hydrogen) atoms. The molecule has 2 rings (SSSR count). The summed E-state index contributed by atoms with van der Waals surface area (Å²) in [6.45, 7) is 0. The number of hydrogen-bond donors (Lipinski definition) is 0. The standard InChI is InChI=1S/C20H19NO5/c1-24-16-11-8-15(9-12-16)18(22)13-10-14-6-4-5-7-17(14)19(21-26-3)20(23)25-2/h4-13H,1-3H3/b13-10+,21-19?. The van der Waals surface area contributed by atoms with E-state index in [1.807, 2.05) is 0 Å². The van der Waals surface area contributed by atoms with Gasteiger partial charge in [0.25, 0.3) is 0 Å². The Morgan fingerprint density at radius 3 is 2.27 bits per heavy atom. The minimum Gasteiger partial charge on any atom is -0.497 e. The highest BCUT2D eigenvalue weighted by atomic mass is 16.6. The lowest BCUT2D eigenvalue weighted by Gasteiger charge is -2.07. The minimum absolute atomic E-state index is 0.0205. The number of benzene rings is 2. The first kappa shape index (κ1) is 18.9. The predicted octanol–water partition coefficient (Wildman–Crippen LogP) is 3.11. The Morgan fingerprint density at radius 1 is 0.962 bits per heavy atom. The number of nitrogens with zero attached hydrogens (tertiary/aromatic N) is 1. The van der Waals surface area contributed by atoms with Crippen molar-refractivity contribution >= 4 is 23.5 Å². The molecule has 134 valence electrons. The molecular formula is C20H19NO5. The van der Waals surface area contributed by atoms with Crippen LogP contribution in [0, 0.1) is 0 Å². The van der Waals surface area contributed by atoms with E-state index < -0.39 is 5.97 Å². The van der Waals surface area contributed by atoms with Crippen molar-refractivity contribution in [3.63, 3.8) is 0 Å². The number of carbonyl (C=O) groups is 2. The second kappa shape index (κ2) is 9.17. The normalized spacial score (nSPS) is 11.3. The SMILES string of the molecule is CON=C(C(=O)OC)c1ccccc1/C=C/C(=O)c1ccc(OC)cc1. The molecule has 0 heterocycles. The van der Waals surface area contributed by atoms with Crippen molar-refractivity contribution < 1.29 is 23.9 Å². The number of oxime groups is 1. The zero-order chi connectivity index (χ0) is 18.9. The van der Waals surface area contributed by atoms with E-state index in [0.29, 0.717) is 22.4 Å². The van der Waals surface area contributed by atoms with Gasteiger partial charge in [0.2, 0.25) is 0 Å². The van der Waals surface area contributed by atoms with Gasteiger partial charge in [0.15, 0.2) is 11.5 Å². The Morgan fingerprint density at radius 2 is 1.65 bits per heavy atom. The molecule has 0 atom stereocenters. The van der Waals surface area contributed by atoms with E-state index in [9.17, 15) is 9.59 Å². The zero-order valence-corrected chi connectivity index (χ0v) is 14.8. The third-order valence-electron chi connectivity index (χ3n) is 3.57. The number of esters is 1. The van der Waals surface area contributed by atoms with Crippen LogP contribution >= 0.6 is 0 Å². The molecule has 0 N–H and O–H groups in total. The maximum atomic E-state index is 12.3. The molecule has 0 aliphatic carbocycles.